The van der Waals surface area contributed by atoms with Gasteiger partial charge < -0.3 is 24.7 Å². The quantitative estimate of drug-likeness (QED) is 0.192. The van der Waals surface area contributed by atoms with Gasteiger partial charge in [0.05, 0.1) is 11.1 Å². The van der Waals surface area contributed by atoms with Crippen molar-refractivity contribution in [1.29, 1.82) is 0 Å². The summed E-state index contributed by atoms with van der Waals surface area (Å²) in [6.45, 7) is 0. The van der Waals surface area contributed by atoms with E-state index in [-0.39, 0.29) is 0 Å². The number of hydrogen-bond acceptors (Lipinski definition) is 2. The molecular weight excluding hydrogens is 609 g/mol. The lowest BCUT2D eigenvalue weighted by Gasteiger charge is -2.14. The Kier molecular flexibility index (Phi) is 6.80. The summed E-state index contributed by atoms with van der Waals surface area (Å²) >= 11 is 5.81. The van der Waals surface area contributed by atoms with Gasteiger partial charge in [-0.15, -0.1) is 0 Å². The zero-order valence-electron chi connectivity index (χ0n) is 25.8. The van der Waals surface area contributed by atoms with Crippen molar-refractivity contribution < 1.29 is 4.74 Å². The topological polar surface area (TPSA) is 72.4 Å². The van der Waals surface area contributed by atoms with Gasteiger partial charge in [-0.05, 0) is 71.3 Å². The van der Waals surface area contributed by atoms with Crippen LogP contribution in [0.15, 0.2) is 152 Å². The van der Waals surface area contributed by atoms with Crippen molar-refractivity contribution in [2.24, 2.45) is 0 Å². The van der Waals surface area contributed by atoms with Crippen molar-refractivity contribution in [1.82, 2.24) is 19.9 Å². The molecule has 9 rings (SSSR count). The third-order valence-corrected chi connectivity index (χ3v) is 9.45. The van der Waals surface area contributed by atoms with E-state index in [4.69, 9.17) is 17.0 Å². The molecule has 3 aromatic carbocycles. The van der Waals surface area contributed by atoms with Gasteiger partial charge in [0.2, 0.25) is 0 Å². The van der Waals surface area contributed by atoms with Crippen LogP contribution in [0, 0.1) is 0 Å². The lowest BCUT2D eigenvalue weighted by Crippen LogP contribution is -2.26. The van der Waals surface area contributed by atoms with Gasteiger partial charge in [0.25, 0.3) is 0 Å². The third-order valence-electron chi connectivity index (χ3n) is 9.10. The molecule has 48 heavy (non-hydrogen) atoms. The molecule has 4 N–H and O–H groups in total. The minimum atomic E-state index is -0.408. The van der Waals surface area contributed by atoms with Crippen LogP contribution in [-0.2, 0) is 4.74 Å². The average Bonchev–Trinajstić information content (AvgIpc) is 3.98. The molecule has 0 fully saturated rings. The van der Waals surface area contributed by atoms with Crippen molar-refractivity contribution >= 4 is 39.4 Å². The summed E-state index contributed by atoms with van der Waals surface area (Å²) in [6.07, 6.45) is 3.15. The zero-order valence-corrected chi connectivity index (χ0v) is 26.6. The summed E-state index contributed by atoms with van der Waals surface area (Å²) < 4.78 is 6.14. The summed E-state index contributed by atoms with van der Waals surface area (Å²) in [5, 5.41) is 3.94. The van der Waals surface area contributed by atoms with Crippen LogP contribution >= 0.6 is 12.2 Å². The first-order valence-corrected chi connectivity index (χ1v) is 16.4. The molecule has 7 aromatic rings. The van der Waals surface area contributed by atoms with Crippen molar-refractivity contribution in [2.45, 2.75) is 6.10 Å². The van der Waals surface area contributed by atoms with Gasteiger partial charge >= 0.3 is 0 Å². The van der Waals surface area contributed by atoms with E-state index in [2.05, 4.69) is 147 Å². The average molecular weight is 639 g/mol. The van der Waals surface area contributed by atoms with E-state index in [1.165, 1.54) is 0 Å². The van der Waals surface area contributed by atoms with Crippen molar-refractivity contribution in [3.63, 3.8) is 0 Å². The maximum atomic E-state index is 6.14. The summed E-state index contributed by atoms with van der Waals surface area (Å²) in [5.41, 5.74) is 11.4. The normalized spacial score (nSPS) is 15.7. The van der Waals surface area contributed by atoms with Gasteiger partial charge in [-0.3, -0.25) is 0 Å². The van der Waals surface area contributed by atoms with Gasteiger partial charge in [-0.25, -0.2) is 0 Å². The first kappa shape index (κ1) is 28.1. The highest BCUT2D eigenvalue weighted by Crippen LogP contribution is 2.28. The molecule has 2 aliphatic rings. The fourth-order valence-corrected chi connectivity index (χ4v) is 7.16. The highest BCUT2D eigenvalue weighted by molar-refractivity contribution is 7.81. The minimum absolute atomic E-state index is 0.408. The highest BCUT2D eigenvalue weighted by Gasteiger charge is 2.27. The second-order valence-electron chi connectivity index (χ2n) is 12.0. The maximum Gasteiger partial charge on any atom is 0.162 e. The fraction of sp³-hybridized carbons (Fsp3) is 0.0238. The predicted molar refractivity (Wildman–Crippen MR) is 195 cm³/mol. The molecule has 2 aliphatic heterocycles. The molecule has 5 nitrogen and oxygen atoms in total. The molecule has 0 radical (unpaired) electrons. The van der Waals surface area contributed by atoms with Gasteiger partial charge in [-0.1, -0.05) is 103 Å². The van der Waals surface area contributed by atoms with Crippen LogP contribution in [-0.4, -0.2) is 30.9 Å². The largest absolute Gasteiger partial charge is 0.488 e. The zero-order chi connectivity index (χ0) is 32.0. The molecular formula is C42H30N4OS. The Morgan fingerprint density at radius 2 is 0.812 bits per heavy atom. The van der Waals surface area contributed by atoms with Crippen LogP contribution < -0.4 is 21.4 Å². The SMILES string of the molecule is S=C1C=COC1C1=c2ccc([nH]2)=C(c2ccccc2)c2ccc([nH]2)C(c2ccccc2)=c2ccc([nH]2)=C(c2ccccc2)c2ccc1[nH]2. The van der Waals surface area contributed by atoms with E-state index in [0.29, 0.717) is 0 Å². The summed E-state index contributed by atoms with van der Waals surface area (Å²) in [7, 11) is 0. The number of aromatic nitrogens is 4. The van der Waals surface area contributed by atoms with E-state index in [9.17, 15) is 0 Å². The number of hydrogen-bond donors (Lipinski definition) is 4. The molecule has 6 heterocycles. The molecule has 6 heteroatoms. The van der Waals surface area contributed by atoms with Crippen LogP contribution in [0.1, 0.15) is 39.5 Å². The van der Waals surface area contributed by atoms with E-state index >= 15 is 0 Å². The standard InChI is InChI=1S/C42H30N4OS/c48-37-24-25-47-42(37)41-35-22-20-33(45-35)39(27-12-6-2-7-13-27)31-18-16-29(43-31)38(26-10-4-1-5-11-26)30-17-19-32(44-30)40(28-14-8-3-9-15-28)34-21-23-36(41)46-34/h1-25,42-46H. The fourth-order valence-electron chi connectivity index (χ4n) is 6.93. The van der Waals surface area contributed by atoms with Gasteiger partial charge in [-0.2, -0.15) is 0 Å². The van der Waals surface area contributed by atoms with Crippen LogP contribution in [0.2, 0.25) is 0 Å². The highest BCUT2D eigenvalue weighted by atomic mass is 32.1. The van der Waals surface area contributed by atoms with Gasteiger partial charge in [0.1, 0.15) is 0 Å². The Hall–Kier alpha value is -6.11. The molecule has 0 saturated heterocycles. The van der Waals surface area contributed by atoms with E-state index in [0.717, 1.165) is 88.0 Å². The monoisotopic (exact) mass is 638 g/mol. The van der Waals surface area contributed by atoms with Crippen LogP contribution in [0.3, 0.4) is 0 Å². The number of H-pyrrole nitrogens is 4. The van der Waals surface area contributed by atoms with E-state index in [1.807, 2.05) is 18.2 Å². The molecule has 0 spiro atoms. The minimum Gasteiger partial charge on any atom is -0.488 e. The van der Waals surface area contributed by atoms with E-state index < -0.39 is 6.10 Å². The molecule has 8 bridgehead atoms. The Bertz CT molecular complexity index is 2600. The number of nitrogens with one attached hydrogen (secondary N) is 4. The number of thiocarbonyl (C=S) groups is 1. The molecule has 0 saturated carbocycles. The number of aromatic amines is 4. The van der Waals surface area contributed by atoms with Crippen molar-refractivity contribution in [3.8, 4) is 0 Å². The first-order valence-electron chi connectivity index (χ1n) is 16.0. The number of ether oxygens (including phenoxy) is 1. The van der Waals surface area contributed by atoms with Gasteiger partial charge in [0.15, 0.2) is 6.10 Å². The lowest BCUT2D eigenvalue weighted by molar-refractivity contribution is 0.264. The van der Waals surface area contributed by atoms with E-state index in [1.54, 1.807) is 6.26 Å². The molecule has 0 aliphatic carbocycles. The molecule has 1 atom stereocenters. The summed E-state index contributed by atoms with van der Waals surface area (Å²) in [4.78, 5) is 15.9. The molecule has 1 unspecified atom stereocenters. The lowest BCUT2D eigenvalue weighted by atomic mass is 10.0. The van der Waals surface area contributed by atoms with Crippen LogP contribution in [0.5, 0.6) is 0 Å². The Morgan fingerprint density at radius 1 is 0.417 bits per heavy atom. The van der Waals surface area contributed by atoms with Gasteiger partial charge in [0, 0.05) is 66.5 Å². The smallest absolute Gasteiger partial charge is 0.162 e. The number of fused-ring (bicyclic) bond motifs is 8. The van der Waals surface area contributed by atoms with Crippen LogP contribution in [0.4, 0.5) is 0 Å². The molecule has 4 aromatic heterocycles. The van der Waals surface area contributed by atoms with Crippen LogP contribution in [0.25, 0.3) is 22.3 Å². The second kappa shape index (κ2) is 11.6. The predicted octanol–water partition coefficient (Wildman–Crippen LogP) is 5.54. The summed E-state index contributed by atoms with van der Waals surface area (Å²) in [6, 6.07) is 48.8. The Morgan fingerprint density at radius 3 is 1.25 bits per heavy atom. The summed E-state index contributed by atoms with van der Waals surface area (Å²) in [5.74, 6) is 0. The molecule has 0 amide bonds. The Balaban J connectivity index is 1.43. The first-order chi connectivity index (χ1) is 23.7. The maximum absolute atomic E-state index is 6.14. The molecule has 230 valence electrons. The Labute approximate surface area is 282 Å². The third kappa shape index (κ3) is 4.82. The number of rotatable bonds is 4. The van der Waals surface area contributed by atoms with Crippen molar-refractivity contribution in [2.75, 3.05) is 0 Å². The second-order valence-corrected chi connectivity index (χ2v) is 12.5. The number of benzene rings is 3. The van der Waals surface area contributed by atoms with Crippen molar-refractivity contribution in [3.05, 3.63) is 213 Å².